The van der Waals surface area contributed by atoms with E-state index in [0.29, 0.717) is 29.8 Å². The molecule has 4 aromatic rings. The van der Waals surface area contributed by atoms with Crippen LogP contribution in [0.2, 0.25) is 5.28 Å². The average molecular weight is 436 g/mol. The quantitative estimate of drug-likeness (QED) is 0.494. The first kappa shape index (κ1) is 20.1. The number of benzene rings is 1. The summed E-state index contributed by atoms with van der Waals surface area (Å²) < 4.78 is 43.6. The molecule has 0 saturated heterocycles. The molecular formula is C19H17ClF3N7. The Bertz CT molecular complexity index is 1280. The van der Waals surface area contributed by atoms with E-state index in [1.807, 2.05) is 6.92 Å². The first-order chi connectivity index (χ1) is 14.2. The molecule has 0 aliphatic heterocycles. The molecule has 0 saturated carbocycles. The minimum absolute atomic E-state index is 0.0927. The van der Waals surface area contributed by atoms with Crippen LogP contribution < -0.4 is 5.62 Å². The van der Waals surface area contributed by atoms with Crippen molar-refractivity contribution in [2.24, 2.45) is 7.05 Å². The van der Waals surface area contributed by atoms with Crippen molar-refractivity contribution in [1.82, 2.24) is 28.7 Å². The maximum Gasteiger partial charge on any atom is 0.434 e. The number of nitrogens with zero attached hydrogens (tertiary/aromatic N) is 6. The van der Waals surface area contributed by atoms with Crippen LogP contribution in [0.4, 0.5) is 13.2 Å². The lowest BCUT2D eigenvalue weighted by atomic mass is 10.1. The molecule has 156 valence electrons. The summed E-state index contributed by atoms with van der Waals surface area (Å²) in [5, 5.41) is 8.55. The number of imidazole rings is 2. The Hall–Kier alpha value is -3.14. The normalized spacial score (nSPS) is 12.1. The lowest BCUT2D eigenvalue weighted by Crippen LogP contribution is -2.24. The molecule has 4 rings (SSSR count). The van der Waals surface area contributed by atoms with Crippen LogP contribution >= 0.6 is 11.6 Å². The Morgan fingerprint density at radius 2 is 1.80 bits per heavy atom. The third-order valence-corrected chi connectivity index (χ3v) is 5.00. The highest BCUT2D eigenvalue weighted by Crippen LogP contribution is 2.30. The molecule has 0 radical (unpaired) electrons. The van der Waals surface area contributed by atoms with E-state index in [4.69, 9.17) is 17.0 Å². The fraction of sp³-hybridized carbons (Fsp3) is 0.263. The molecule has 0 atom stereocenters. The number of nitrogens with one attached hydrogen (secondary N) is 1. The molecule has 0 amide bonds. The summed E-state index contributed by atoms with van der Waals surface area (Å²) in [5.74, 6) is 0.227. The van der Waals surface area contributed by atoms with Gasteiger partial charge in [-0.2, -0.15) is 18.2 Å². The highest BCUT2D eigenvalue weighted by atomic mass is 35.5. The first-order valence-corrected chi connectivity index (χ1v) is 9.43. The number of halogens is 4. The molecule has 0 unspecified atom stereocenters. The Morgan fingerprint density at radius 3 is 2.40 bits per heavy atom. The Kier molecular flexibility index (Phi) is 4.89. The third kappa shape index (κ3) is 3.47. The summed E-state index contributed by atoms with van der Waals surface area (Å²) in [6.45, 7) is 2.85. The molecule has 0 aliphatic carbocycles. The zero-order valence-corrected chi connectivity index (χ0v) is 16.8. The third-order valence-electron chi connectivity index (χ3n) is 4.81. The standard InChI is InChI=1S/C19H17ClF3N7/c1-3-29-13-8-25-17(20)27-16(13)30(18(29)24)9-11-4-6-12(7-5-11)15-26-14(10-28(15)2)19(21,22)23/h4-8,10,24H,3,9H2,1-2H3. The predicted octanol–water partition coefficient (Wildman–Crippen LogP) is 3.85. The van der Waals surface area contributed by atoms with Gasteiger partial charge in [0.1, 0.15) is 11.3 Å². The number of aromatic nitrogens is 6. The minimum Gasteiger partial charge on any atom is -0.333 e. The van der Waals surface area contributed by atoms with Crippen molar-refractivity contribution in [1.29, 1.82) is 5.41 Å². The fourth-order valence-electron chi connectivity index (χ4n) is 3.38. The number of hydrogen-bond donors (Lipinski definition) is 1. The summed E-state index contributed by atoms with van der Waals surface area (Å²) >= 11 is 5.94. The van der Waals surface area contributed by atoms with Crippen LogP contribution in [0.25, 0.3) is 22.6 Å². The van der Waals surface area contributed by atoms with E-state index in [2.05, 4.69) is 15.0 Å². The Morgan fingerprint density at radius 1 is 1.10 bits per heavy atom. The smallest absolute Gasteiger partial charge is 0.333 e. The molecule has 3 heterocycles. The van der Waals surface area contributed by atoms with Crippen LogP contribution in [0.5, 0.6) is 0 Å². The molecular weight excluding hydrogens is 419 g/mol. The monoisotopic (exact) mass is 435 g/mol. The summed E-state index contributed by atoms with van der Waals surface area (Å²) in [7, 11) is 1.52. The first-order valence-electron chi connectivity index (χ1n) is 9.05. The van der Waals surface area contributed by atoms with E-state index in [0.717, 1.165) is 11.8 Å². The van der Waals surface area contributed by atoms with Crippen molar-refractivity contribution in [3.05, 3.63) is 58.8 Å². The summed E-state index contributed by atoms with van der Waals surface area (Å²) in [6, 6.07) is 7.01. The SMILES string of the molecule is CCn1c(=N)n(Cc2ccc(-c3nc(C(F)(F)F)cn3C)cc2)c2nc(Cl)ncc21. The van der Waals surface area contributed by atoms with Crippen molar-refractivity contribution in [3.63, 3.8) is 0 Å². The van der Waals surface area contributed by atoms with Gasteiger partial charge in [-0.1, -0.05) is 24.3 Å². The van der Waals surface area contributed by atoms with Crippen LogP contribution in [0.15, 0.2) is 36.7 Å². The number of hydrogen-bond acceptors (Lipinski definition) is 4. The summed E-state index contributed by atoms with van der Waals surface area (Å²) in [6.07, 6.45) is -1.94. The van der Waals surface area contributed by atoms with Crippen LogP contribution in [-0.2, 0) is 26.3 Å². The number of rotatable bonds is 4. The largest absolute Gasteiger partial charge is 0.434 e. The van der Waals surface area contributed by atoms with Crippen molar-refractivity contribution < 1.29 is 13.2 Å². The van der Waals surface area contributed by atoms with Crippen LogP contribution in [0.3, 0.4) is 0 Å². The molecule has 3 aromatic heterocycles. The van der Waals surface area contributed by atoms with Gasteiger partial charge in [0, 0.05) is 25.4 Å². The molecule has 0 bridgehead atoms. The minimum atomic E-state index is -4.49. The van der Waals surface area contributed by atoms with E-state index in [1.54, 1.807) is 39.6 Å². The van der Waals surface area contributed by atoms with Crippen molar-refractivity contribution in [2.75, 3.05) is 0 Å². The predicted molar refractivity (Wildman–Crippen MR) is 105 cm³/mol. The second-order valence-corrected chi connectivity index (χ2v) is 7.10. The van der Waals surface area contributed by atoms with Gasteiger partial charge in [-0.25, -0.2) is 9.97 Å². The molecule has 0 fully saturated rings. The second-order valence-electron chi connectivity index (χ2n) is 6.76. The number of alkyl halides is 3. The van der Waals surface area contributed by atoms with Gasteiger partial charge >= 0.3 is 6.18 Å². The summed E-state index contributed by atoms with van der Waals surface area (Å²) in [5.41, 5.74) is 2.00. The average Bonchev–Trinajstić information content (AvgIpc) is 3.21. The van der Waals surface area contributed by atoms with Gasteiger partial charge in [0.15, 0.2) is 11.3 Å². The lowest BCUT2D eigenvalue weighted by molar-refractivity contribution is -0.140. The van der Waals surface area contributed by atoms with Crippen LogP contribution in [0, 0.1) is 5.41 Å². The summed E-state index contributed by atoms with van der Waals surface area (Å²) in [4.78, 5) is 12.0. The highest BCUT2D eigenvalue weighted by molar-refractivity contribution is 6.28. The van der Waals surface area contributed by atoms with Gasteiger partial charge in [-0.15, -0.1) is 0 Å². The molecule has 11 heteroatoms. The number of fused-ring (bicyclic) bond motifs is 1. The van der Waals surface area contributed by atoms with Crippen LogP contribution in [-0.4, -0.2) is 28.7 Å². The van der Waals surface area contributed by atoms with E-state index in [-0.39, 0.29) is 16.7 Å². The van der Waals surface area contributed by atoms with E-state index in [1.165, 1.54) is 11.6 Å². The van der Waals surface area contributed by atoms with E-state index >= 15 is 0 Å². The topological polar surface area (TPSA) is 77.3 Å². The van der Waals surface area contributed by atoms with Gasteiger partial charge < -0.3 is 9.13 Å². The highest BCUT2D eigenvalue weighted by Gasteiger charge is 2.34. The molecule has 0 aliphatic rings. The van der Waals surface area contributed by atoms with Crippen molar-refractivity contribution in [2.45, 2.75) is 26.2 Å². The van der Waals surface area contributed by atoms with E-state index < -0.39 is 11.9 Å². The van der Waals surface area contributed by atoms with Gasteiger partial charge in [0.2, 0.25) is 10.9 Å². The van der Waals surface area contributed by atoms with Gasteiger partial charge in [-0.05, 0) is 24.1 Å². The number of aryl methyl sites for hydroxylation is 2. The lowest BCUT2D eigenvalue weighted by Gasteiger charge is -2.07. The molecule has 1 N–H and O–H groups in total. The molecule has 30 heavy (non-hydrogen) atoms. The van der Waals surface area contributed by atoms with Crippen LogP contribution in [0.1, 0.15) is 18.2 Å². The van der Waals surface area contributed by atoms with Gasteiger partial charge in [0.05, 0.1) is 12.7 Å². The molecule has 0 spiro atoms. The van der Waals surface area contributed by atoms with Gasteiger partial charge in [0.25, 0.3) is 0 Å². The zero-order valence-electron chi connectivity index (χ0n) is 16.1. The van der Waals surface area contributed by atoms with Crippen molar-refractivity contribution in [3.8, 4) is 11.4 Å². The maximum atomic E-state index is 12.9. The molecule has 7 nitrogen and oxygen atoms in total. The maximum absolute atomic E-state index is 12.9. The fourth-order valence-corrected chi connectivity index (χ4v) is 3.51. The zero-order chi connectivity index (χ0) is 21.6. The van der Waals surface area contributed by atoms with E-state index in [9.17, 15) is 13.2 Å². The Balaban J connectivity index is 1.69. The van der Waals surface area contributed by atoms with Crippen molar-refractivity contribution >= 4 is 22.8 Å². The Labute approximate surface area is 173 Å². The van der Waals surface area contributed by atoms with Gasteiger partial charge in [-0.3, -0.25) is 9.98 Å². The molecule has 1 aromatic carbocycles. The second kappa shape index (κ2) is 7.28.